The van der Waals surface area contributed by atoms with E-state index in [2.05, 4.69) is 47.7 Å². The van der Waals surface area contributed by atoms with Crippen molar-refractivity contribution in [3.8, 4) is 5.75 Å². The zero-order valence-corrected chi connectivity index (χ0v) is 28.3. The first-order valence-corrected chi connectivity index (χ1v) is 17.9. The lowest BCUT2D eigenvalue weighted by Crippen LogP contribution is -2.41. The molecule has 0 spiro atoms. The average Bonchev–Trinajstić information content (AvgIpc) is 2.87. The number of aryl methyl sites for hydroxylation is 1. The molecular weight excluding hydrogens is 530 g/mol. The number of aromatic nitrogens is 1. The Morgan fingerprint density at radius 2 is 1.76 bits per heavy atom. The maximum Gasteiger partial charge on any atom is 0.307 e. The Balaban J connectivity index is 2.59. The first kappa shape index (κ1) is 34.7. The number of benzene rings is 1. The van der Waals surface area contributed by atoms with Gasteiger partial charge < -0.3 is 13.9 Å². The van der Waals surface area contributed by atoms with E-state index in [1.54, 1.807) is 7.11 Å². The van der Waals surface area contributed by atoms with Gasteiger partial charge in [-0.15, -0.1) is 0 Å². The SMILES string of the molecule is CCCCc1ccc(C=O)c([C@H](CC(=O)OC(C)(C)C)c2ccc(OC)cc2C[C@H](C)CO[Si](C)(C)C(C)(C)C)n1. The fraction of sp³-hybridized carbons (Fsp3) is 0.618. The molecular formula is C34H53NO5Si. The van der Waals surface area contributed by atoms with Crippen LogP contribution >= 0.6 is 0 Å². The average molecular weight is 584 g/mol. The number of carbonyl (C=O) groups excluding carboxylic acids is 2. The second kappa shape index (κ2) is 14.6. The zero-order valence-electron chi connectivity index (χ0n) is 27.3. The maximum absolute atomic E-state index is 13.3. The lowest BCUT2D eigenvalue weighted by molar-refractivity contribution is -0.155. The minimum absolute atomic E-state index is 0.0799. The van der Waals surface area contributed by atoms with Crippen molar-refractivity contribution < 1.29 is 23.5 Å². The molecule has 2 rings (SSSR count). The molecule has 0 radical (unpaired) electrons. The van der Waals surface area contributed by atoms with Crippen LogP contribution in [0.25, 0.3) is 0 Å². The highest BCUT2D eigenvalue weighted by Gasteiger charge is 2.37. The van der Waals surface area contributed by atoms with Gasteiger partial charge in [0.25, 0.3) is 0 Å². The number of rotatable bonds is 14. The standard InChI is InChI=1S/C34H53NO5Si/c1-12-13-14-27-16-15-25(22-36)32(35-27)30(21-31(37)40-33(3,4)5)29-18-17-28(38-9)20-26(29)19-24(2)23-39-41(10,11)34(6,7)8/h15-18,20,22,24,30H,12-14,19,21,23H2,1-11H3/t24-,30+/m0/s1. The van der Waals surface area contributed by atoms with Gasteiger partial charge in [0.05, 0.1) is 19.2 Å². The van der Waals surface area contributed by atoms with Crippen LogP contribution in [0.3, 0.4) is 0 Å². The van der Waals surface area contributed by atoms with Gasteiger partial charge in [-0.25, -0.2) is 0 Å². The van der Waals surface area contributed by atoms with Crippen LogP contribution in [0.5, 0.6) is 5.75 Å². The van der Waals surface area contributed by atoms with Gasteiger partial charge in [0.1, 0.15) is 11.4 Å². The molecule has 0 aliphatic carbocycles. The van der Waals surface area contributed by atoms with Gasteiger partial charge in [-0.05, 0) is 99.5 Å². The van der Waals surface area contributed by atoms with E-state index < -0.39 is 19.8 Å². The Hall–Kier alpha value is -2.51. The number of unbranched alkanes of at least 4 members (excludes halogenated alkanes) is 1. The summed E-state index contributed by atoms with van der Waals surface area (Å²) in [6, 6.07) is 9.73. The highest BCUT2D eigenvalue weighted by atomic mass is 28.4. The number of hydrogen-bond donors (Lipinski definition) is 0. The van der Waals surface area contributed by atoms with Crippen molar-refractivity contribution in [2.75, 3.05) is 13.7 Å². The third kappa shape index (κ3) is 10.4. The molecule has 0 unspecified atom stereocenters. The van der Waals surface area contributed by atoms with E-state index in [4.69, 9.17) is 18.9 Å². The fourth-order valence-electron chi connectivity index (χ4n) is 4.53. The maximum atomic E-state index is 13.3. The summed E-state index contributed by atoms with van der Waals surface area (Å²) in [5, 5.41) is 0.131. The molecule has 0 fully saturated rings. The first-order valence-electron chi connectivity index (χ1n) is 15.0. The molecule has 1 heterocycles. The predicted octanol–water partition coefficient (Wildman–Crippen LogP) is 8.31. The smallest absolute Gasteiger partial charge is 0.307 e. The van der Waals surface area contributed by atoms with Gasteiger partial charge >= 0.3 is 5.97 Å². The Morgan fingerprint density at radius 3 is 2.32 bits per heavy atom. The van der Waals surface area contributed by atoms with Crippen LogP contribution in [0.15, 0.2) is 30.3 Å². The summed E-state index contributed by atoms with van der Waals surface area (Å²) in [6.45, 7) is 21.9. The Morgan fingerprint density at radius 1 is 1.07 bits per heavy atom. The van der Waals surface area contributed by atoms with E-state index in [0.717, 1.165) is 54.5 Å². The molecule has 0 saturated heterocycles. The number of aldehydes is 1. The third-order valence-corrected chi connectivity index (χ3v) is 12.4. The van der Waals surface area contributed by atoms with Gasteiger partial charge in [-0.3, -0.25) is 14.6 Å². The normalized spacial score (nSPS) is 13.9. The number of pyridine rings is 1. The second-order valence-electron chi connectivity index (χ2n) is 13.8. The summed E-state index contributed by atoms with van der Waals surface area (Å²) >= 11 is 0. The van der Waals surface area contributed by atoms with Gasteiger partial charge in [0.2, 0.25) is 0 Å². The zero-order chi connectivity index (χ0) is 31.0. The first-order chi connectivity index (χ1) is 19.0. The molecule has 0 aliphatic rings. The number of carbonyl (C=O) groups is 2. The van der Waals surface area contributed by atoms with Gasteiger partial charge in [-0.2, -0.15) is 0 Å². The quantitative estimate of drug-likeness (QED) is 0.126. The molecule has 228 valence electrons. The minimum Gasteiger partial charge on any atom is -0.497 e. The van der Waals surface area contributed by atoms with E-state index in [1.165, 1.54) is 0 Å². The van der Waals surface area contributed by atoms with Crippen molar-refractivity contribution >= 4 is 20.6 Å². The van der Waals surface area contributed by atoms with Crippen molar-refractivity contribution in [3.05, 3.63) is 58.4 Å². The van der Waals surface area contributed by atoms with E-state index in [1.807, 2.05) is 51.1 Å². The lowest BCUT2D eigenvalue weighted by atomic mass is 9.84. The summed E-state index contributed by atoms with van der Waals surface area (Å²) in [7, 11) is -0.243. The molecule has 0 saturated carbocycles. The topological polar surface area (TPSA) is 74.7 Å². The molecule has 7 heteroatoms. The minimum atomic E-state index is -1.90. The molecule has 1 aromatic carbocycles. The van der Waals surface area contributed by atoms with Crippen molar-refractivity contribution in [1.29, 1.82) is 0 Å². The summed E-state index contributed by atoms with van der Waals surface area (Å²) in [6.07, 6.45) is 4.52. The van der Waals surface area contributed by atoms with Crippen LogP contribution < -0.4 is 4.74 Å². The molecule has 0 aliphatic heterocycles. The van der Waals surface area contributed by atoms with Gasteiger partial charge in [0.15, 0.2) is 14.6 Å². The summed E-state index contributed by atoms with van der Waals surface area (Å²) in [4.78, 5) is 30.5. The molecule has 41 heavy (non-hydrogen) atoms. The van der Waals surface area contributed by atoms with Crippen LogP contribution in [0.1, 0.15) is 113 Å². The van der Waals surface area contributed by atoms with Crippen LogP contribution in [-0.2, 0) is 26.8 Å². The summed E-state index contributed by atoms with van der Waals surface area (Å²) in [5.74, 6) is 0.210. The fourth-order valence-corrected chi connectivity index (χ4v) is 5.67. The lowest BCUT2D eigenvalue weighted by Gasteiger charge is -2.37. The molecule has 1 aromatic heterocycles. The van der Waals surface area contributed by atoms with Crippen LogP contribution in [0, 0.1) is 5.92 Å². The number of hydrogen-bond acceptors (Lipinski definition) is 6. The Kier molecular flexibility index (Phi) is 12.3. The number of ether oxygens (including phenoxy) is 2. The third-order valence-electron chi connectivity index (χ3n) is 7.88. The molecule has 0 bridgehead atoms. The monoisotopic (exact) mass is 583 g/mol. The largest absolute Gasteiger partial charge is 0.497 e. The van der Waals surface area contributed by atoms with E-state index in [-0.39, 0.29) is 23.3 Å². The molecule has 0 N–H and O–H groups in total. The summed E-state index contributed by atoms with van der Waals surface area (Å²) < 4.78 is 17.9. The number of methoxy groups -OCH3 is 1. The van der Waals surface area contributed by atoms with Crippen LogP contribution in [-0.4, -0.2) is 44.9 Å². The van der Waals surface area contributed by atoms with Gasteiger partial charge in [-0.1, -0.05) is 47.1 Å². The van der Waals surface area contributed by atoms with Gasteiger partial charge in [0, 0.05) is 23.8 Å². The van der Waals surface area contributed by atoms with Crippen LogP contribution in [0.2, 0.25) is 18.1 Å². The van der Waals surface area contributed by atoms with Crippen molar-refractivity contribution in [2.45, 2.75) is 117 Å². The molecule has 2 atom stereocenters. The van der Waals surface area contributed by atoms with Crippen molar-refractivity contribution in [2.24, 2.45) is 5.92 Å². The van der Waals surface area contributed by atoms with Crippen LogP contribution in [0.4, 0.5) is 0 Å². The van der Waals surface area contributed by atoms with E-state index in [9.17, 15) is 9.59 Å². The highest BCUT2D eigenvalue weighted by Crippen LogP contribution is 2.38. The molecule has 0 amide bonds. The van der Waals surface area contributed by atoms with E-state index in [0.29, 0.717) is 17.9 Å². The molecule has 2 aromatic rings. The van der Waals surface area contributed by atoms with E-state index >= 15 is 0 Å². The second-order valence-corrected chi connectivity index (χ2v) is 18.6. The number of nitrogens with zero attached hydrogens (tertiary/aromatic N) is 1. The van der Waals surface area contributed by atoms with Crippen molar-refractivity contribution in [1.82, 2.24) is 4.98 Å². The number of esters is 1. The molecule has 6 nitrogen and oxygen atoms in total. The highest BCUT2D eigenvalue weighted by molar-refractivity contribution is 6.74. The Labute approximate surface area is 249 Å². The van der Waals surface area contributed by atoms with Crippen molar-refractivity contribution in [3.63, 3.8) is 0 Å². The summed E-state index contributed by atoms with van der Waals surface area (Å²) in [5.41, 5.74) is 3.43. The Bertz CT molecular complexity index is 1160. The predicted molar refractivity (Wildman–Crippen MR) is 170 cm³/mol.